The summed E-state index contributed by atoms with van der Waals surface area (Å²) in [5, 5.41) is 17.6. The van der Waals surface area contributed by atoms with Gasteiger partial charge in [-0.2, -0.15) is 0 Å². The molecule has 10 nitrogen and oxygen atoms in total. The smallest absolute Gasteiger partial charge is 0.416 e. The highest BCUT2D eigenvalue weighted by molar-refractivity contribution is 6.31. The lowest BCUT2D eigenvalue weighted by molar-refractivity contribution is 0.0842. The van der Waals surface area contributed by atoms with E-state index in [-0.39, 0.29) is 38.3 Å². The van der Waals surface area contributed by atoms with Gasteiger partial charge in [0, 0.05) is 35.3 Å². The van der Waals surface area contributed by atoms with Crippen LogP contribution in [0.2, 0.25) is 5.02 Å². The van der Waals surface area contributed by atoms with Crippen molar-refractivity contribution in [3.63, 3.8) is 0 Å². The number of halogens is 2. The number of nitrogens with one attached hydrogen (secondary N) is 2. The van der Waals surface area contributed by atoms with Crippen LogP contribution in [0, 0.1) is 5.92 Å². The van der Waals surface area contributed by atoms with Crippen LogP contribution >= 0.6 is 23.2 Å². The molecule has 0 fully saturated rings. The molecule has 3 N–H and O–H groups in total. The predicted molar refractivity (Wildman–Crippen MR) is 161 cm³/mol. The van der Waals surface area contributed by atoms with Gasteiger partial charge in [0.05, 0.1) is 19.2 Å². The summed E-state index contributed by atoms with van der Waals surface area (Å²) >= 11 is 12.3. The molecule has 43 heavy (non-hydrogen) atoms. The number of aliphatic hydroxyl groups excluding tert-OH is 1. The molecule has 2 aliphatic heterocycles. The van der Waals surface area contributed by atoms with Crippen LogP contribution in [0.5, 0.6) is 11.5 Å². The van der Waals surface area contributed by atoms with Gasteiger partial charge in [-0.1, -0.05) is 47.5 Å². The molecule has 0 bridgehead atoms. The van der Waals surface area contributed by atoms with Crippen molar-refractivity contribution in [2.75, 3.05) is 40.0 Å². The fourth-order valence-corrected chi connectivity index (χ4v) is 5.64. The summed E-state index contributed by atoms with van der Waals surface area (Å²) in [5.41, 5.74) is 3.03. The average molecular weight is 631 g/mol. The van der Waals surface area contributed by atoms with E-state index in [9.17, 15) is 14.7 Å². The summed E-state index contributed by atoms with van der Waals surface area (Å²) < 4.78 is 21.2. The molecule has 4 atom stereocenters. The summed E-state index contributed by atoms with van der Waals surface area (Å²) in [7, 11) is 1.51. The topological polar surface area (TPSA) is 119 Å². The molecule has 0 spiro atoms. The molecule has 0 aromatic heterocycles. The molecule has 2 aromatic carbocycles. The fourth-order valence-electron chi connectivity index (χ4n) is 5.31. The maximum atomic E-state index is 13.5. The molecule has 1 aliphatic carbocycles. The largest absolute Gasteiger partial charge is 0.491 e. The SMILES string of the molecule is COCCOC(=O)NCC(O)COc1ccc(C2C3=C(CCN2C(=O)Oc2ccc(Cl)cc2)C2C=C(Cl)C=CC2N3)cc1. The lowest BCUT2D eigenvalue weighted by Gasteiger charge is -2.37. The predicted octanol–water partition coefficient (Wildman–Crippen LogP) is 4.93. The summed E-state index contributed by atoms with van der Waals surface area (Å²) in [6.45, 7) is 0.792. The van der Waals surface area contributed by atoms with Crippen molar-refractivity contribution in [1.82, 2.24) is 15.5 Å². The summed E-state index contributed by atoms with van der Waals surface area (Å²) in [6, 6.07) is 13.6. The Labute approximate surface area is 259 Å². The van der Waals surface area contributed by atoms with E-state index in [0.717, 1.165) is 11.3 Å². The first-order valence-corrected chi connectivity index (χ1v) is 14.7. The van der Waals surface area contributed by atoms with E-state index >= 15 is 0 Å². The van der Waals surface area contributed by atoms with Gasteiger partial charge in [0.15, 0.2) is 0 Å². The van der Waals surface area contributed by atoms with Crippen molar-refractivity contribution >= 4 is 35.4 Å². The maximum Gasteiger partial charge on any atom is 0.416 e. The van der Waals surface area contributed by atoms with Crippen molar-refractivity contribution in [1.29, 1.82) is 0 Å². The first-order valence-electron chi connectivity index (χ1n) is 13.9. The molecule has 5 rings (SSSR count). The minimum Gasteiger partial charge on any atom is -0.491 e. The molecular weight excluding hydrogens is 597 g/mol. The number of hydrogen-bond acceptors (Lipinski definition) is 8. The van der Waals surface area contributed by atoms with Crippen LogP contribution < -0.4 is 20.1 Å². The molecule has 2 aromatic rings. The Morgan fingerprint density at radius 2 is 1.84 bits per heavy atom. The average Bonchev–Trinajstić information content (AvgIpc) is 3.38. The molecule has 0 saturated heterocycles. The highest BCUT2D eigenvalue weighted by Crippen LogP contribution is 2.45. The number of allylic oxidation sites excluding steroid dienone is 2. The number of ether oxygens (including phenoxy) is 4. The number of benzene rings is 2. The van der Waals surface area contributed by atoms with Gasteiger partial charge >= 0.3 is 12.2 Å². The second-order valence-corrected chi connectivity index (χ2v) is 11.1. The van der Waals surface area contributed by atoms with Gasteiger partial charge in [-0.05, 0) is 60.0 Å². The van der Waals surface area contributed by atoms with E-state index in [1.54, 1.807) is 41.3 Å². The minimum atomic E-state index is -0.946. The van der Waals surface area contributed by atoms with Gasteiger partial charge in [0.1, 0.15) is 36.9 Å². The highest BCUT2D eigenvalue weighted by atomic mass is 35.5. The third-order valence-electron chi connectivity index (χ3n) is 7.36. The Morgan fingerprint density at radius 3 is 2.58 bits per heavy atom. The van der Waals surface area contributed by atoms with E-state index in [4.69, 9.17) is 42.1 Å². The van der Waals surface area contributed by atoms with Gasteiger partial charge in [0.25, 0.3) is 0 Å². The zero-order valence-electron chi connectivity index (χ0n) is 23.5. The number of rotatable bonds is 10. The van der Waals surface area contributed by atoms with Crippen LogP contribution in [0.4, 0.5) is 9.59 Å². The zero-order valence-corrected chi connectivity index (χ0v) is 25.0. The van der Waals surface area contributed by atoms with E-state index in [0.29, 0.717) is 34.5 Å². The van der Waals surface area contributed by atoms with Crippen molar-refractivity contribution in [3.05, 3.63) is 93.6 Å². The van der Waals surface area contributed by atoms with Crippen LogP contribution in [0.15, 0.2) is 83.1 Å². The van der Waals surface area contributed by atoms with E-state index in [1.807, 2.05) is 18.2 Å². The lowest BCUT2D eigenvalue weighted by atomic mass is 9.85. The van der Waals surface area contributed by atoms with Crippen molar-refractivity contribution in [2.24, 2.45) is 5.92 Å². The summed E-state index contributed by atoms with van der Waals surface area (Å²) in [5.74, 6) is 1.04. The monoisotopic (exact) mass is 629 g/mol. The summed E-state index contributed by atoms with van der Waals surface area (Å²) in [4.78, 5) is 26.9. The summed E-state index contributed by atoms with van der Waals surface area (Å²) in [6.07, 6.45) is 4.60. The molecule has 2 heterocycles. The normalized spacial score (nSPS) is 21.3. The standard InChI is InChI=1S/C31H33Cl2N3O7/c1-40-14-15-41-30(38)34-17-22(37)18-42-23-7-2-19(3-8-23)29-28-25(26-16-21(33)6-11-27(26)35-28)12-13-36(29)31(39)43-24-9-4-20(32)5-10-24/h2-11,16,22,26-27,29,35,37H,12-15,17-18H2,1H3,(H,34,38). The Balaban J connectivity index is 1.28. The van der Waals surface area contributed by atoms with E-state index in [1.165, 1.54) is 12.7 Å². The number of carbonyl (C=O) groups excluding carboxylic acids is 2. The molecule has 0 saturated carbocycles. The Kier molecular flexibility index (Phi) is 10.1. The molecule has 228 valence electrons. The van der Waals surface area contributed by atoms with Crippen molar-refractivity contribution in [3.8, 4) is 11.5 Å². The van der Waals surface area contributed by atoms with Crippen molar-refractivity contribution < 1.29 is 33.6 Å². The maximum absolute atomic E-state index is 13.5. The molecule has 12 heteroatoms. The third kappa shape index (κ3) is 7.64. The van der Waals surface area contributed by atoms with Gasteiger partial charge < -0.3 is 34.7 Å². The molecule has 0 radical (unpaired) electrons. The second kappa shape index (κ2) is 14.2. The first-order chi connectivity index (χ1) is 20.8. The number of fused-ring (bicyclic) bond motifs is 2. The van der Waals surface area contributed by atoms with Crippen LogP contribution in [-0.2, 0) is 9.47 Å². The number of nitrogens with zero attached hydrogens (tertiary/aromatic N) is 1. The van der Waals surface area contributed by atoms with Gasteiger partial charge in [-0.25, -0.2) is 9.59 Å². The highest BCUT2D eigenvalue weighted by Gasteiger charge is 2.43. The van der Waals surface area contributed by atoms with Crippen molar-refractivity contribution in [2.45, 2.75) is 24.6 Å². The third-order valence-corrected chi connectivity index (χ3v) is 7.86. The fraction of sp³-hybridized carbons (Fsp3) is 0.355. The van der Waals surface area contributed by atoms with Crippen LogP contribution in [0.25, 0.3) is 0 Å². The molecule has 3 aliphatic rings. The number of aliphatic hydroxyl groups is 1. The quantitative estimate of drug-likeness (QED) is 0.317. The molecular formula is C31H33Cl2N3O7. The second-order valence-electron chi connectivity index (χ2n) is 10.3. The number of carbonyl (C=O) groups is 2. The van der Waals surface area contributed by atoms with E-state index in [2.05, 4.69) is 22.8 Å². The molecule has 2 amide bonds. The number of methoxy groups -OCH3 is 1. The Hall–Kier alpha value is -3.70. The van der Waals surface area contributed by atoms with Gasteiger partial charge in [-0.3, -0.25) is 4.90 Å². The van der Waals surface area contributed by atoms with Crippen LogP contribution in [0.3, 0.4) is 0 Å². The lowest BCUT2D eigenvalue weighted by Crippen LogP contribution is -2.43. The number of hydrogen-bond donors (Lipinski definition) is 3. The van der Waals surface area contributed by atoms with Crippen LogP contribution in [0.1, 0.15) is 18.0 Å². The van der Waals surface area contributed by atoms with Gasteiger partial charge in [0.2, 0.25) is 0 Å². The number of alkyl carbamates (subject to hydrolysis) is 1. The Morgan fingerprint density at radius 1 is 1.09 bits per heavy atom. The Bertz CT molecular complexity index is 1400. The van der Waals surface area contributed by atoms with Gasteiger partial charge in [-0.15, -0.1) is 0 Å². The van der Waals surface area contributed by atoms with E-state index < -0.39 is 24.3 Å². The van der Waals surface area contributed by atoms with Crippen LogP contribution in [-0.4, -0.2) is 74.4 Å². The minimum absolute atomic E-state index is 0.0332. The zero-order chi connectivity index (χ0) is 30.3. The number of amides is 2. The first kappa shape index (κ1) is 30.7. The molecule has 4 unspecified atom stereocenters.